The number of thiophene rings is 1. The van der Waals surface area contributed by atoms with Gasteiger partial charge in [-0.3, -0.25) is 0 Å². The lowest BCUT2D eigenvalue weighted by Gasteiger charge is -2.09. The summed E-state index contributed by atoms with van der Waals surface area (Å²) >= 11 is 1.11. The standard InChI is InChI=1S/C12H10O4S3/c13-18(14)8-11(9-4-1-2-5-10(9)18)19(15,16)12-6-3-7-17-12/h1-7,11H,8H2. The van der Waals surface area contributed by atoms with Crippen LogP contribution in [0.4, 0.5) is 0 Å². The van der Waals surface area contributed by atoms with Crippen molar-refractivity contribution in [2.24, 2.45) is 0 Å². The molecule has 1 aliphatic heterocycles. The summed E-state index contributed by atoms with van der Waals surface area (Å²) in [6.07, 6.45) is 0. The lowest BCUT2D eigenvalue weighted by Crippen LogP contribution is -2.14. The van der Waals surface area contributed by atoms with Crippen LogP contribution < -0.4 is 0 Å². The normalized spacial score (nSPS) is 21.2. The first-order valence-corrected chi connectivity index (χ1v) is 9.60. The zero-order valence-corrected chi connectivity index (χ0v) is 12.1. The second-order valence-electron chi connectivity index (χ2n) is 4.28. The summed E-state index contributed by atoms with van der Waals surface area (Å²) in [7, 11) is -7.14. The molecule has 7 heteroatoms. The molecule has 19 heavy (non-hydrogen) atoms. The molecule has 0 fully saturated rings. The Hall–Kier alpha value is -1.18. The van der Waals surface area contributed by atoms with Crippen molar-refractivity contribution in [1.82, 2.24) is 0 Å². The van der Waals surface area contributed by atoms with E-state index < -0.39 is 24.9 Å². The fraction of sp³-hybridized carbons (Fsp3) is 0.167. The second kappa shape index (κ2) is 4.16. The van der Waals surface area contributed by atoms with Crippen molar-refractivity contribution >= 4 is 31.0 Å². The first kappa shape index (κ1) is 12.8. The van der Waals surface area contributed by atoms with Crippen LogP contribution in [-0.2, 0) is 19.7 Å². The lowest BCUT2D eigenvalue weighted by atomic mass is 10.2. The topological polar surface area (TPSA) is 68.3 Å². The van der Waals surface area contributed by atoms with Crippen LogP contribution in [-0.4, -0.2) is 22.6 Å². The summed E-state index contributed by atoms with van der Waals surface area (Å²) in [5.74, 6) is -0.368. The number of hydrogen-bond acceptors (Lipinski definition) is 5. The lowest BCUT2D eigenvalue weighted by molar-refractivity contribution is 0.584. The Balaban J connectivity index is 2.21. The van der Waals surface area contributed by atoms with Gasteiger partial charge in [0.05, 0.1) is 10.6 Å². The highest BCUT2D eigenvalue weighted by molar-refractivity contribution is 7.97. The minimum Gasteiger partial charge on any atom is -0.224 e. The van der Waals surface area contributed by atoms with E-state index in [-0.39, 0.29) is 14.9 Å². The molecule has 1 aromatic carbocycles. The fourth-order valence-electron chi connectivity index (χ4n) is 2.23. The van der Waals surface area contributed by atoms with Gasteiger partial charge >= 0.3 is 0 Å². The summed E-state index contributed by atoms with van der Waals surface area (Å²) < 4.78 is 49.2. The summed E-state index contributed by atoms with van der Waals surface area (Å²) in [6, 6.07) is 9.47. The molecule has 1 unspecified atom stereocenters. The Morgan fingerprint density at radius 2 is 1.84 bits per heavy atom. The molecule has 1 aliphatic rings. The maximum atomic E-state index is 12.5. The van der Waals surface area contributed by atoms with Crippen LogP contribution in [0.25, 0.3) is 0 Å². The third-order valence-electron chi connectivity index (χ3n) is 3.12. The molecule has 3 rings (SSSR count). The molecular weight excluding hydrogens is 304 g/mol. The quantitative estimate of drug-likeness (QED) is 0.851. The number of sulfone groups is 2. The zero-order valence-electron chi connectivity index (χ0n) is 9.68. The highest BCUT2D eigenvalue weighted by Crippen LogP contribution is 2.41. The molecule has 0 bridgehead atoms. The van der Waals surface area contributed by atoms with Crippen LogP contribution in [0.2, 0.25) is 0 Å². The molecule has 0 spiro atoms. The summed E-state index contributed by atoms with van der Waals surface area (Å²) in [5, 5.41) is 0.676. The maximum absolute atomic E-state index is 12.5. The molecule has 1 atom stereocenters. The molecular formula is C12H10O4S3. The van der Waals surface area contributed by atoms with Crippen LogP contribution in [0.15, 0.2) is 50.9 Å². The van der Waals surface area contributed by atoms with Gasteiger partial charge < -0.3 is 0 Å². The van der Waals surface area contributed by atoms with E-state index >= 15 is 0 Å². The van der Waals surface area contributed by atoms with Gasteiger partial charge in [0, 0.05) is 0 Å². The summed E-state index contributed by atoms with van der Waals surface area (Å²) in [5.41, 5.74) is 0.385. The van der Waals surface area contributed by atoms with Crippen LogP contribution in [0, 0.1) is 0 Å². The Morgan fingerprint density at radius 1 is 1.11 bits per heavy atom. The van der Waals surface area contributed by atoms with Crippen LogP contribution >= 0.6 is 11.3 Å². The number of rotatable bonds is 2. The van der Waals surface area contributed by atoms with Gasteiger partial charge in [0.2, 0.25) is 0 Å². The minimum absolute atomic E-state index is 0.139. The van der Waals surface area contributed by atoms with Gasteiger partial charge in [0.1, 0.15) is 9.46 Å². The molecule has 0 N–H and O–H groups in total. The van der Waals surface area contributed by atoms with Crippen molar-refractivity contribution < 1.29 is 16.8 Å². The first-order chi connectivity index (χ1) is 8.93. The predicted octanol–water partition coefficient (Wildman–Crippen LogP) is 2.05. The molecule has 2 heterocycles. The van der Waals surface area contributed by atoms with Gasteiger partial charge in [-0.1, -0.05) is 24.3 Å². The predicted molar refractivity (Wildman–Crippen MR) is 72.7 cm³/mol. The van der Waals surface area contributed by atoms with E-state index in [9.17, 15) is 16.8 Å². The molecule has 0 amide bonds. The van der Waals surface area contributed by atoms with Crippen molar-refractivity contribution in [2.75, 3.05) is 5.75 Å². The molecule has 0 saturated carbocycles. The Labute approximate surface area is 115 Å². The van der Waals surface area contributed by atoms with Crippen molar-refractivity contribution in [3.8, 4) is 0 Å². The summed E-state index contributed by atoms with van der Waals surface area (Å²) in [6.45, 7) is 0. The van der Waals surface area contributed by atoms with Crippen LogP contribution in [0.1, 0.15) is 10.8 Å². The van der Waals surface area contributed by atoms with E-state index in [4.69, 9.17) is 0 Å². The van der Waals surface area contributed by atoms with E-state index in [0.29, 0.717) is 5.56 Å². The molecule has 1 aromatic heterocycles. The van der Waals surface area contributed by atoms with Gasteiger partial charge in [-0.25, -0.2) is 16.8 Å². The Bertz CT molecular complexity index is 818. The molecule has 2 aromatic rings. The minimum atomic E-state index is -3.64. The largest absolute Gasteiger partial charge is 0.224 e. The Kier molecular flexibility index (Phi) is 2.81. The molecule has 100 valence electrons. The smallest absolute Gasteiger partial charge is 0.195 e. The van der Waals surface area contributed by atoms with E-state index in [0.717, 1.165) is 11.3 Å². The summed E-state index contributed by atoms with van der Waals surface area (Å²) in [4.78, 5) is 0.139. The number of fused-ring (bicyclic) bond motifs is 1. The SMILES string of the molecule is O=S1(=O)CC(S(=O)(=O)c2cccs2)c2ccccc21. The maximum Gasteiger partial charge on any atom is 0.195 e. The number of benzene rings is 1. The highest BCUT2D eigenvalue weighted by atomic mass is 32.2. The van der Waals surface area contributed by atoms with Gasteiger partial charge in [0.25, 0.3) is 0 Å². The van der Waals surface area contributed by atoms with E-state index in [1.807, 2.05) is 0 Å². The van der Waals surface area contributed by atoms with Gasteiger partial charge in [-0.05, 0) is 23.1 Å². The third-order valence-corrected chi connectivity index (χ3v) is 8.66. The zero-order chi connectivity index (χ0) is 13.7. The molecule has 0 saturated heterocycles. The Morgan fingerprint density at radius 3 is 2.53 bits per heavy atom. The van der Waals surface area contributed by atoms with Gasteiger partial charge in [0.15, 0.2) is 19.7 Å². The average molecular weight is 314 g/mol. The van der Waals surface area contributed by atoms with Crippen molar-refractivity contribution in [2.45, 2.75) is 14.4 Å². The highest BCUT2D eigenvalue weighted by Gasteiger charge is 2.42. The first-order valence-electron chi connectivity index (χ1n) is 5.52. The van der Waals surface area contributed by atoms with Gasteiger partial charge in [-0.2, -0.15) is 0 Å². The average Bonchev–Trinajstić information content (AvgIpc) is 2.97. The molecule has 0 radical (unpaired) electrons. The van der Waals surface area contributed by atoms with Crippen molar-refractivity contribution in [1.29, 1.82) is 0 Å². The van der Waals surface area contributed by atoms with Crippen LogP contribution in [0.5, 0.6) is 0 Å². The second-order valence-corrected chi connectivity index (χ2v) is 9.59. The van der Waals surface area contributed by atoms with Crippen molar-refractivity contribution in [3.63, 3.8) is 0 Å². The number of hydrogen-bond donors (Lipinski definition) is 0. The van der Waals surface area contributed by atoms with E-state index in [1.165, 1.54) is 12.1 Å². The van der Waals surface area contributed by atoms with E-state index in [1.54, 1.807) is 29.6 Å². The fourth-order valence-corrected chi connectivity index (χ4v) is 7.76. The van der Waals surface area contributed by atoms with Gasteiger partial charge in [-0.15, -0.1) is 11.3 Å². The van der Waals surface area contributed by atoms with E-state index in [2.05, 4.69) is 0 Å². The third kappa shape index (κ3) is 1.92. The monoisotopic (exact) mass is 314 g/mol. The molecule has 0 aliphatic carbocycles. The molecule has 4 nitrogen and oxygen atoms in total. The van der Waals surface area contributed by atoms with Crippen LogP contribution in [0.3, 0.4) is 0 Å². The van der Waals surface area contributed by atoms with Crippen molar-refractivity contribution in [3.05, 3.63) is 47.3 Å².